The Hall–Kier alpha value is -1.09. The number of benzene rings is 1. The van der Waals surface area contributed by atoms with E-state index in [0.29, 0.717) is 5.69 Å². The molecule has 1 saturated heterocycles. The van der Waals surface area contributed by atoms with E-state index in [2.05, 4.69) is 5.32 Å². The molecule has 1 heterocycles. The van der Waals surface area contributed by atoms with E-state index in [1.807, 2.05) is 0 Å². The Labute approximate surface area is 96.0 Å². The van der Waals surface area contributed by atoms with Crippen molar-refractivity contribution in [2.75, 3.05) is 18.8 Å². The van der Waals surface area contributed by atoms with Gasteiger partial charge in [0.05, 0.1) is 0 Å². The van der Waals surface area contributed by atoms with Crippen molar-refractivity contribution in [3.8, 4) is 0 Å². The van der Waals surface area contributed by atoms with Gasteiger partial charge < -0.3 is 11.1 Å². The van der Waals surface area contributed by atoms with Crippen molar-refractivity contribution in [3.05, 3.63) is 29.8 Å². The Kier molecular flexibility index (Phi) is 3.15. The molecule has 0 saturated carbocycles. The molecule has 1 aliphatic rings. The minimum Gasteiger partial charge on any atom is -0.399 e. The predicted molar refractivity (Wildman–Crippen MR) is 64.9 cm³/mol. The molecule has 1 fully saturated rings. The molecule has 2 rings (SSSR count). The van der Waals surface area contributed by atoms with Gasteiger partial charge in [0, 0.05) is 18.2 Å². The third-order valence-corrected chi connectivity index (χ3v) is 3.54. The smallest absolute Gasteiger partial charge is 0.137 e. The van der Waals surface area contributed by atoms with Crippen molar-refractivity contribution >= 4 is 5.69 Å². The van der Waals surface area contributed by atoms with Crippen LogP contribution in [0, 0.1) is 5.92 Å². The lowest BCUT2D eigenvalue weighted by molar-refractivity contribution is 0.0812. The molecule has 0 bridgehead atoms. The molecule has 0 aliphatic carbocycles. The van der Waals surface area contributed by atoms with Crippen molar-refractivity contribution in [2.24, 2.45) is 5.92 Å². The van der Waals surface area contributed by atoms with Gasteiger partial charge in [-0.2, -0.15) is 0 Å². The monoisotopic (exact) mass is 222 g/mol. The minimum atomic E-state index is -1.26. The van der Waals surface area contributed by atoms with Crippen molar-refractivity contribution in [1.29, 1.82) is 0 Å². The van der Waals surface area contributed by atoms with E-state index in [1.54, 1.807) is 31.2 Å². The molecule has 88 valence electrons. The summed E-state index contributed by atoms with van der Waals surface area (Å²) in [6.07, 6.45) is 2.00. The Morgan fingerprint density at radius 1 is 1.38 bits per heavy atom. The fourth-order valence-corrected chi connectivity index (χ4v) is 2.36. The van der Waals surface area contributed by atoms with Gasteiger partial charge in [-0.3, -0.25) is 0 Å². The third-order valence-electron chi connectivity index (χ3n) is 3.54. The summed E-state index contributed by atoms with van der Waals surface area (Å²) in [4.78, 5) is 0. The molecule has 1 aromatic rings. The zero-order valence-corrected chi connectivity index (χ0v) is 9.67. The Balaban J connectivity index is 2.19. The zero-order chi connectivity index (χ0) is 11.6. The van der Waals surface area contributed by atoms with Crippen LogP contribution < -0.4 is 11.1 Å². The number of piperidine rings is 1. The molecule has 1 aromatic carbocycles. The number of nitrogens with one attached hydrogen (secondary N) is 1. The van der Waals surface area contributed by atoms with Crippen LogP contribution in [0.5, 0.6) is 0 Å². The zero-order valence-electron chi connectivity index (χ0n) is 9.67. The maximum absolute atomic E-state index is 14.8. The fourth-order valence-electron chi connectivity index (χ4n) is 2.36. The maximum Gasteiger partial charge on any atom is 0.137 e. The van der Waals surface area contributed by atoms with E-state index in [9.17, 15) is 4.39 Å². The van der Waals surface area contributed by atoms with Gasteiger partial charge in [-0.05, 0) is 44.0 Å². The van der Waals surface area contributed by atoms with Gasteiger partial charge in [0.15, 0.2) is 0 Å². The molecule has 0 amide bonds. The first kappa shape index (κ1) is 11.4. The van der Waals surface area contributed by atoms with Crippen LogP contribution in [-0.4, -0.2) is 13.1 Å². The molecular formula is C13H19FN2. The lowest BCUT2D eigenvalue weighted by Gasteiger charge is -2.34. The van der Waals surface area contributed by atoms with Gasteiger partial charge in [-0.25, -0.2) is 4.39 Å². The lowest BCUT2D eigenvalue weighted by Crippen LogP contribution is -2.39. The number of halogens is 1. The van der Waals surface area contributed by atoms with Crippen LogP contribution in [0.1, 0.15) is 25.3 Å². The number of hydrogen-bond acceptors (Lipinski definition) is 2. The summed E-state index contributed by atoms with van der Waals surface area (Å²) >= 11 is 0. The quantitative estimate of drug-likeness (QED) is 0.754. The van der Waals surface area contributed by atoms with Gasteiger partial charge >= 0.3 is 0 Å². The summed E-state index contributed by atoms with van der Waals surface area (Å²) in [5.74, 6) is 0.0601. The number of alkyl halides is 1. The summed E-state index contributed by atoms with van der Waals surface area (Å²) in [6.45, 7) is 3.45. The van der Waals surface area contributed by atoms with Gasteiger partial charge in [-0.15, -0.1) is 0 Å². The molecule has 0 aromatic heterocycles. The van der Waals surface area contributed by atoms with Crippen LogP contribution >= 0.6 is 0 Å². The second kappa shape index (κ2) is 4.42. The number of rotatable bonds is 2. The molecular weight excluding hydrogens is 203 g/mol. The van der Waals surface area contributed by atoms with Crippen LogP contribution in [0.25, 0.3) is 0 Å². The number of nitrogens with two attached hydrogens (primary N) is 1. The summed E-state index contributed by atoms with van der Waals surface area (Å²) in [6, 6.07) is 7.13. The summed E-state index contributed by atoms with van der Waals surface area (Å²) < 4.78 is 14.8. The second-order valence-corrected chi connectivity index (χ2v) is 4.74. The van der Waals surface area contributed by atoms with E-state index in [1.165, 1.54) is 0 Å². The highest BCUT2D eigenvalue weighted by Crippen LogP contribution is 2.37. The Morgan fingerprint density at radius 2 is 2.06 bits per heavy atom. The van der Waals surface area contributed by atoms with Crippen molar-refractivity contribution < 1.29 is 4.39 Å². The third kappa shape index (κ3) is 2.19. The first-order chi connectivity index (χ1) is 7.60. The van der Waals surface area contributed by atoms with E-state index in [0.717, 1.165) is 31.5 Å². The van der Waals surface area contributed by atoms with Crippen molar-refractivity contribution in [3.63, 3.8) is 0 Å². The normalized spacial score (nSPS) is 25.0. The summed E-state index contributed by atoms with van der Waals surface area (Å²) in [5, 5.41) is 3.26. The van der Waals surface area contributed by atoms with Gasteiger partial charge in [0.1, 0.15) is 5.67 Å². The fraction of sp³-hybridized carbons (Fsp3) is 0.538. The molecule has 2 unspecified atom stereocenters. The highest BCUT2D eigenvalue weighted by atomic mass is 19.1. The average Bonchev–Trinajstić information content (AvgIpc) is 2.31. The summed E-state index contributed by atoms with van der Waals surface area (Å²) in [5.41, 5.74) is 5.76. The van der Waals surface area contributed by atoms with Gasteiger partial charge in [-0.1, -0.05) is 12.1 Å². The number of hydrogen-bond donors (Lipinski definition) is 2. The number of anilines is 1. The topological polar surface area (TPSA) is 38.0 Å². The average molecular weight is 222 g/mol. The molecule has 2 atom stereocenters. The van der Waals surface area contributed by atoms with Gasteiger partial charge in [0.25, 0.3) is 0 Å². The maximum atomic E-state index is 14.8. The van der Waals surface area contributed by atoms with E-state index in [-0.39, 0.29) is 5.92 Å². The molecule has 0 radical (unpaired) electrons. The van der Waals surface area contributed by atoms with Crippen LogP contribution in [0.4, 0.5) is 10.1 Å². The Morgan fingerprint density at radius 3 is 2.62 bits per heavy atom. The standard InChI is InChI=1S/C13H19FN2/c1-13(14,11-3-2-8-16-9-11)10-4-6-12(15)7-5-10/h4-7,11,16H,2-3,8-9,15H2,1H3. The minimum absolute atomic E-state index is 0.0601. The lowest BCUT2D eigenvalue weighted by atomic mass is 9.80. The largest absolute Gasteiger partial charge is 0.399 e. The van der Waals surface area contributed by atoms with Crippen LogP contribution in [0.3, 0.4) is 0 Å². The molecule has 3 heteroatoms. The molecule has 3 N–H and O–H groups in total. The van der Waals surface area contributed by atoms with Crippen molar-refractivity contribution in [1.82, 2.24) is 5.32 Å². The van der Waals surface area contributed by atoms with Gasteiger partial charge in [0.2, 0.25) is 0 Å². The van der Waals surface area contributed by atoms with Crippen LogP contribution in [0.15, 0.2) is 24.3 Å². The van der Waals surface area contributed by atoms with E-state index in [4.69, 9.17) is 5.73 Å². The van der Waals surface area contributed by atoms with Crippen molar-refractivity contribution in [2.45, 2.75) is 25.4 Å². The molecule has 0 spiro atoms. The molecule has 1 aliphatic heterocycles. The molecule has 16 heavy (non-hydrogen) atoms. The first-order valence-corrected chi connectivity index (χ1v) is 5.86. The van der Waals surface area contributed by atoms with E-state index >= 15 is 0 Å². The number of nitrogen functional groups attached to an aromatic ring is 1. The SMILES string of the molecule is CC(F)(c1ccc(N)cc1)C1CCCNC1. The highest BCUT2D eigenvalue weighted by molar-refractivity contribution is 5.41. The van der Waals surface area contributed by atoms with Crippen LogP contribution in [0.2, 0.25) is 0 Å². The first-order valence-electron chi connectivity index (χ1n) is 5.86. The van der Waals surface area contributed by atoms with E-state index < -0.39 is 5.67 Å². The predicted octanol–water partition coefficient (Wildman–Crippen LogP) is 2.45. The Bertz CT molecular complexity index is 339. The summed E-state index contributed by atoms with van der Waals surface area (Å²) in [7, 11) is 0. The van der Waals surface area contributed by atoms with Crippen LogP contribution in [-0.2, 0) is 5.67 Å². The highest BCUT2D eigenvalue weighted by Gasteiger charge is 2.36. The second-order valence-electron chi connectivity index (χ2n) is 4.74. The molecule has 2 nitrogen and oxygen atoms in total.